The Morgan fingerprint density at radius 2 is 1.39 bits per heavy atom. The first-order valence-electron chi connectivity index (χ1n) is 5.85. The van der Waals surface area contributed by atoms with Crippen LogP contribution in [0.15, 0.2) is 0 Å². The van der Waals surface area contributed by atoms with Crippen molar-refractivity contribution >= 4 is 30.4 Å². The summed E-state index contributed by atoms with van der Waals surface area (Å²) in [5, 5.41) is 7.97. The molecule has 6 nitrogen and oxygen atoms in total. The number of unbranched alkanes of at least 4 members (excludes halogenated alkanes) is 3. The highest BCUT2D eigenvalue weighted by Crippen LogP contribution is 2.13. The highest BCUT2D eigenvalue weighted by molar-refractivity contribution is 7.81. The van der Waals surface area contributed by atoms with Crippen molar-refractivity contribution in [3.63, 3.8) is 0 Å². The van der Waals surface area contributed by atoms with Crippen LogP contribution in [-0.4, -0.2) is 28.1 Å². The molecule has 1 atom stereocenters. The molecule has 5 N–H and O–H groups in total. The smallest absolute Gasteiger partial charge is 0.316 e. The second kappa shape index (κ2) is 8.79. The number of carbonyl (C=O) groups excluding carboxylic acids is 2. The van der Waals surface area contributed by atoms with Crippen molar-refractivity contribution in [1.29, 1.82) is 0 Å². The lowest BCUT2D eigenvalue weighted by Gasteiger charge is -2.09. The normalized spacial score (nSPS) is 12.3. The highest BCUT2D eigenvalue weighted by atomic mass is 32.1. The molecule has 0 aromatic heterocycles. The minimum Gasteiger partial charge on any atom is -0.480 e. The van der Waals surface area contributed by atoms with Gasteiger partial charge in [-0.2, -0.15) is 12.6 Å². The molecule has 0 aromatic rings. The van der Waals surface area contributed by atoms with Gasteiger partial charge in [0.05, 0.1) is 5.25 Å². The van der Waals surface area contributed by atoms with E-state index in [2.05, 4.69) is 12.6 Å². The maximum atomic E-state index is 10.9. The number of hydrogen-bond donors (Lipinski definition) is 4. The summed E-state index contributed by atoms with van der Waals surface area (Å²) in [6.45, 7) is 0. The Morgan fingerprint density at radius 3 is 1.78 bits per heavy atom. The second-order valence-corrected chi connectivity index (χ2v) is 4.83. The Bertz CT molecular complexity index is 295. The van der Waals surface area contributed by atoms with E-state index in [1.807, 2.05) is 0 Å². The van der Waals surface area contributed by atoms with E-state index in [0.717, 1.165) is 19.3 Å². The van der Waals surface area contributed by atoms with Gasteiger partial charge in [-0.05, 0) is 12.8 Å². The van der Waals surface area contributed by atoms with Crippen LogP contribution >= 0.6 is 12.6 Å². The number of rotatable bonds is 10. The Balaban J connectivity index is 3.64. The summed E-state index contributed by atoms with van der Waals surface area (Å²) in [6.07, 6.45) is 3.91. The van der Waals surface area contributed by atoms with Crippen LogP contribution in [-0.2, 0) is 14.4 Å². The lowest BCUT2D eigenvalue weighted by molar-refractivity contribution is -0.136. The molecule has 0 saturated heterocycles. The number of amides is 2. The van der Waals surface area contributed by atoms with Crippen molar-refractivity contribution in [3.05, 3.63) is 0 Å². The van der Waals surface area contributed by atoms with Crippen LogP contribution in [0.3, 0.4) is 0 Å². The molecule has 0 bridgehead atoms. The Kier molecular flexibility index (Phi) is 8.19. The average molecular weight is 276 g/mol. The van der Waals surface area contributed by atoms with E-state index in [-0.39, 0.29) is 0 Å². The summed E-state index contributed by atoms with van der Waals surface area (Å²) >= 11 is 3.91. The zero-order chi connectivity index (χ0) is 14.1. The fourth-order valence-corrected chi connectivity index (χ4v) is 1.77. The van der Waals surface area contributed by atoms with Gasteiger partial charge in [-0.25, -0.2) is 0 Å². The zero-order valence-corrected chi connectivity index (χ0v) is 11.1. The lowest BCUT2D eigenvalue weighted by atomic mass is 9.99. The number of aliphatic carboxylic acids is 1. The van der Waals surface area contributed by atoms with Gasteiger partial charge >= 0.3 is 5.97 Å². The van der Waals surface area contributed by atoms with E-state index in [9.17, 15) is 14.4 Å². The van der Waals surface area contributed by atoms with Crippen molar-refractivity contribution in [3.8, 4) is 0 Å². The lowest BCUT2D eigenvalue weighted by Crippen LogP contribution is -2.34. The predicted octanol–water partition coefficient (Wildman–Crippen LogP) is 0.297. The SMILES string of the molecule is NC(=O)C(CCCCCCC(S)C(=O)O)C(N)=O. The molecule has 1 unspecified atom stereocenters. The number of nitrogens with two attached hydrogens (primary N) is 2. The van der Waals surface area contributed by atoms with E-state index in [1.54, 1.807) is 0 Å². The van der Waals surface area contributed by atoms with Crippen LogP contribution in [0.1, 0.15) is 38.5 Å². The highest BCUT2D eigenvalue weighted by Gasteiger charge is 2.20. The second-order valence-electron chi connectivity index (χ2n) is 4.20. The molecule has 0 fully saturated rings. The van der Waals surface area contributed by atoms with Gasteiger partial charge in [-0.15, -0.1) is 0 Å². The molecular formula is C11H20N2O4S. The molecule has 0 rings (SSSR count). The summed E-state index contributed by atoms with van der Waals surface area (Å²) in [7, 11) is 0. The molecule has 7 heteroatoms. The topological polar surface area (TPSA) is 123 Å². The molecule has 0 aliphatic carbocycles. The van der Waals surface area contributed by atoms with Crippen molar-refractivity contribution in [2.24, 2.45) is 17.4 Å². The molecule has 104 valence electrons. The van der Waals surface area contributed by atoms with Gasteiger partial charge in [0, 0.05) is 0 Å². The first-order valence-corrected chi connectivity index (χ1v) is 6.37. The summed E-state index contributed by atoms with van der Waals surface area (Å²) in [5.41, 5.74) is 10.1. The van der Waals surface area contributed by atoms with Gasteiger partial charge in [-0.3, -0.25) is 14.4 Å². The number of carboxylic acid groups (broad SMARTS) is 1. The fraction of sp³-hybridized carbons (Fsp3) is 0.727. The van der Waals surface area contributed by atoms with Gasteiger partial charge in [0.25, 0.3) is 0 Å². The molecule has 0 spiro atoms. The first kappa shape index (κ1) is 16.8. The number of hydrogen-bond acceptors (Lipinski definition) is 4. The van der Waals surface area contributed by atoms with Crippen LogP contribution in [0.4, 0.5) is 0 Å². The molecule has 2 amide bonds. The van der Waals surface area contributed by atoms with Gasteiger partial charge < -0.3 is 16.6 Å². The summed E-state index contributed by atoms with van der Waals surface area (Å²) in [4.78, 5) is 32.2. The number of carboxylic acids is 1. The maximum absolute atomic E-state index is 10.9. The summed E-state index contributed by atoms with van der Waals surface area (Å²) in [6, 6.07) is 0. The number of thiol groups is 1. The van der Waals surface area contributed by atoms with Crippen LogP contribution in [0.5, 0.6) is 0 Å². The third-order valence-electron chi connectivity index (χ3n) is 2.69. The monoisotopic (exact) mass is 276 g/mol. The van der Waals surface area contributed by atoms with Crippen molar-refractivity contribution < 1.29 is 19.5 Å². The van der Waals surface area contributed by atoms with Crippen LogP contribution in [0.2, 0.25) is 0 Å². The van der Waals surface area contributed by atoms with E-state index >= 15 is 0 Å². The molecule has 0 radical (unpaired) electrons. The van der Waals surface area contributed by atoms with Gasteiger partial charge in [0.1, 0.15) is 5.92 Å². The zero-order valence-electron chi connectivity index (χ0n) is 10.2. The van der Waals surface area contributed by atoms with Crippen LogP contribution in [0, 0.1) is 5.92 Å². The third-order valence-corrected chi connectivity index (χ3v) is 3.17. The molecular weight excluding hydrogens is 256 g/mol. The number of carbonyl (C=O) groups is 3. The molecule has 0 saturated carbocycles. The summed E-state index contributed by atoms with van der Waals surface area (Å²) < 4.78 is 0. The number of primary amides is 2. The van der Waals surface area contributed by atoms with Crippen molar-refractivity contribution in [1.82, 2.24) is 0 Å². The maximum Gasteiger partial charge on any atom is 0.316 e. The van der Waals surface area contributed by atoms with Gasteiger partial charge in [-0.1, -0.05) is 25.7 Å². The molecule has 0 aliphatic heterocycles. The Morgan fingerprint density at radius 1 is 0.944 bits per heavy atom. The first-order chi connectivity index (χ1) is 8.36. The standard InChI is InChI=1S/C11H20N2O4S/c12-9(14)7(10(13)15)5-3-1-2-4-6-8(18)11(16)17/h7-8,18H,1-6H2,(H2,12,14)(H2,13,15)(H,16,17). The van der Waals surface area contributed by atoms with E-state index in [1.165, 1.54) is 0 Å². The molecule has 18 heavy (non-hydrogen) atoms. The van der Waals surface area contributed by atoms with Crippen molar-refractivity contribution in [2.75, 3.05) is 0 Å². The fourth-order valence-electron chi connectivity index (χ4n) is 1.59. The van der Waals surface area contributed by atoms with Gasteiger partial charge in [0.2, 0.25) is 11.8 Å². The minimum atomic E-state index is -0.916. The van der Waals surface area contributed by atoms with E-state index in [0.29, 0.717) is 19.3 Å². The minimum absolute atomic E-state index is 0.355. The van der Waals surface area contributed by atoms with Crippen LogP contribution < -0.4 is 11.5 Å². The molecule has 0 aliphatic rings. The third kappa shape index (κ3) is 7.16. The van der Waals surface area contributed by atoms with E-state index in [4.69, 9.17) is 16.6 Å². The molecule has 0 aromatic carbocycles. The largest absolute Gasteiger partial charge is 0.480 e. The quantitative estimate of drug-likeness (QED) is 0.260. The summed E-state index contributed by atoms with van der Waals surface area (Å²) in [5.74, 6) is -3.20. The Labute approximate surface area is 112 Å². The van der Waals surface area contributed by atoms with Crippen molar-refractivity contribution in [2.45, 2.75) is 43.8 Å². The Hall–Kier alpha value is -1.24. The van der Waals surface area contributed by atoms with E-state index < -0.39 is 29.0 Å². The predicted molar refractivity (Wildman–Crippen MR) is 70.0 cm³/mol. The van der Waals surface area contributed by atoms with Gasteiger partial charge in [0.15, 0.2) is 0 Å². The average Bonchev–Trinajstić information content (AvgIpc) is 2.26. The van der Waals surface area contributed by atoms with Crippen LogP contribution in [0.25, 0.3) is 0 Å². The molecule has 0 heterocycles.